The Labute approximate surface area is 165 Å². The summed E-state index contributed by atoms with van der Waals surface area (Å²) in [4.78, 5) is 8.50. The average molecular weight is 389 g/mol. The lowest BCUT2D eigenvalue weighted by Crippen LogP contribution is -1.98. The molecule has 138 valence electrons. The zero-order valence-electron chi connectivity index (χ0n) is 15.1. The lowest BCUT2D eigenvalue weighted by atomic mass is 10.1. The zero-order chi connectivity index (χ0) is 19.5. The summed E-state index contributed by atoms with van der Waals surface area (Å²) in [6, 6.07) is 13.0. The minimum atomic E-state index is -0.0927. The fraction of sp³-hybridized carbons (Fsp3) is 0.158. The number of hydrogen-bond donors (Lipinski definition) is 0. The molecule has 1 aromatic carbocycles. The van der Waals surface area contributed by atoms with Gasteiger partial charge < -0.3 is 9.09 Å². The van der Waals surface area contributed by atoms with E-state index >= 15 is 0 Å². The lowest BCUT2D eigenvalue weighted by molar-refractivity contribution is 0.423. The van der Waals surface area contributed by atoms with Crippen molar-refractivity contribution in [3.63, 3.8) is 0 Å². The average Bonchev–Trinajstić information content (AvgIpc) is 3.37. The molecule has 8 nitrogen and oxygen atoms in total. The van der Waals surface area contributed by atoms with Crippen LogP contribution in [0.1, 0.15) is 23.6 Å². The molecular formula is C19H15N7OS. The summed E-state index contributed by atoms with van der Waals surface area (Å²) in [5, 5.41) is 22.3. The van der Waals surface area contributed by atoms with Gasteiger partial charge in [-0.2, -0.15) is 10.2 Å². The molecule has 0 bridgehead atoms. The summed E-state index contributed by atoms with van der Waals surface area (Å²) in [5.74, 6) is 1.70. The van der Waals surface area contributed by atoms with Crippen molar-refractivity contribution in [1.29, 1.82) is 5.26 Å². The number of hydrogen-bond acceptors (Lipinski definition) is 8. The molecule has 1 atom stereocenters. The van der Waals surface area contributed by atoms with E-state index in [4.69, 9.17) is 9.78 Å². The van der Waals surface area contributed by atoms with Crippen molar-refractivity contribution in [3.8, 4) is 28.9 Å². The van der Waals surface area contributed by atoms with Gasteiger partial charge in [0.1, 0.15) is 0 Å². The van der Waals surface area contributed by atoms with Crippen LogP contribution in [0.25, 0.3) is 22.8 Å². The second-order valence-corrected chi connectivity index (χ2v) is 7.32. The Hall–Kier alpha value is -3.51. The molecule has 0 spiro atoms. The molecule has 0 radical (unpaired) electrons. The third kappa shape index (κ3) is 3.50. The second kappa shape index (κ2) is 7.62. The third-order valence-corrected chi connectivity index (χ3v) is 5.23. The van der Waals surface area contributed by atoms with Gasteiger partial charge in [0.25, 0.3) is 5.89 Å². The van der Waals surface area contributed by atoms with Gasteiger partial charge in [-0.05, 0) is 37.3 Å². The molecule has 3 aromatic heterocycles. The summed E-state index contributed by atoms with van der Waals surface area (Å²) in [7, 11) is 1.92. The molecule has 4 aromatic rings. The number of nitrogens with zero attached hydrogens (tertiary/aromatic N) is 7. The number of aromatic nitrogens is 6. The first kappa shape index (κ1) is 17.9. The fourth-order valence-corrected chi connectivity index (χ4v) is 3.47. The molecule has 9 heteroatoms. The maximum atomic E-state index is 9.04. The Balaban J connectivity index is 1.54. The largest absolute Gasteiger partial charge is 0.334 e. The minimum absolute atomic E-state index is 0.0927. The standard InChI is InChI=1S/C19H15N7OS/c1-12(16-22-18(27-25-16)15-5-3-4-13(10-15)11-20)28-19-24-23-17(26(19)2)14-6-8-21-9-7-14/h3-10,12H,1-2H3. The van der Waals surface area contributed by atoms with Gasteiger partial charge in [-0.3, -0.25) is 4.98 Å². The Morgan fingerprint density at radius 2 is 1.96 bits per heavy atom. The van der Waals surface area contributed by atoms with E-state index in [1.54, 1.807) is 30.6 Å². The van der Waals surface area contributed by atoms with Gasteiger partial charge >= 0.3 is 0 Å². The molecule has 0 fully saturated rings. The van der Waals surface area contributed by atoms with E-state index < -0.39 is 0 Å². The SMILES string of the molecule is CC(Sc1nnc(-c2ccncc2)n1C)c1noc(-c2cccc(C#N)c2)n1. The Kier molecular flexibility index (Phi) is 4.87. The first-order valence-electron chi connectivity index (χ1n) is 8.46. The molecule has 1 unspecified atom stereocenters. The van der Waals surface area contributed by atoms with Crippen LogP contribution in [0, 0.1) is 11.3 Å². The Morgan fingerprint density at radius 3 is 2.75 bits per heavy atom. The summed E-state index contributed by atoms with van der Waals surface area (Å²) < 4.78 is 7.30. The van der Waals surface area contributed by atoms with Crippen LogP contribution in [0.15, 0.2) is 58.5 Å². The topological polar surface area (TPSA) is 106 Å². The Morgan fingerprint density at radius 1 is 1.14 bits per heavy atom. The molecule has 4 rings (SSSR count). The normalized spacial score (nSPS) is 11.9. The molecule has 3 heterocycles. The number of benzene rings is 1. The molecule has 0 aliphatic carbocycles. The first-order chi connectivity index (χ1) is 13.7. The first-order valence-corrected chi connectivity index (χ1v) is 9.34. The molecule has 28 heavy (non-hydrogen) atoms. The number of thioether (sulfide) groups is 1. The van der Waals surface area contributed by atoms with Gasteiger partial charge in [0.2, 0.25) is 0 Å². The van der Waals surface area contributed by atoms with Gasteiger partial charge in [-0.15, -0.1) is 10.2 Å². The number of nitriles is 1. The minimum Gasteiger partial charge on any atom is -0.334 e. The van der Waals surface area contributed by atoms with Gasteiger partial charge in [0, 0.05) is 30.6 Å². The predicted molar refractivity (Wildman–Crippen MR) is 103 cm³/mol. The lowest BCUT2D eigenvalue weighted by Gasteiger charge is -2.06. The van der Waals surface area contributed by atoms with Gasteiger partial charge in [0.05, 0.1) is 16.9 Å². The van der Waals surface area contributed by atoms with Crippen LogP contribution in [0.5, 0.6) is 0 Å². The maximum absolute atomic E-state index is 9.04. The summed E-state index contributed by atoms with van der Waals surface area (Å²) >= 11 is 1.49. The van der Waals surface area contributed by atoms with E-state index in [1.807, 2.05) is 36.7 Å². The zero-order valence-corrected chi connectivity index (χ0v) is 16.0. The summed E-state index contributed by atoms with van der Waals surface area (Å²) in [6.07, 6.45) is 3.45. The molecule has 0 amide bonds. The quantitative estimate of drug-likeness (QED) is 0.476. The van der Waals surface area contributed by atoms with Gasteiger partial charge in [0.15, 0.2) is 16.8 Å². The van der Waals surface area contributed by atoms with E-state index in [2.05, 4.69) is 31.4 Å². The molecule has 0 aliphatic rings. The van der Waals surface area contributed by atoms with Gasteiger partial charge in [-0.25, -0.2) is 0 Å². The van der Waals surface area contributed by atoms with E-state index in [0.717, 1.165) is 16.5 Å². The van der Waals surface area contributed by atoms with E-state index in [0.29, 0.717) is 22.8 Å². The highest BCUT2D eigenvalue weighted by atomic mass is 32.2. The van der Waals surface area contributed by atoms with Crippen molar-refractivity contribution >= 4 is 11.8 Å². The predicted octanol–water partition coefficient (Wildman–Crippen LogP) is 3.65. The number of rotatable bonds is 5. The van der Waals surface area contributed by atoms with Crippen molar-refractivity contribution in [1.82, 2.24) is 29.9 Å². The van der Waals surface area contributed by atoms with Crippen LogP contribution >= 0.6 is 11.8 Å². The van der Waals surface area contributed by atoms with Crippen molar-refractivity contribution in [2.45, 2.75) is 17.3 Å². The highest BCUT2D eigenvalue weighted by molar-refractivity contribution is 7.99. The monoisotopic (exact) mass is 389 g/mol. The smallest absolute Gasteiger partial charge is 0.258 e. The molecular weight excluding hydrogens is 374 g/mol. The second-order valence-electron chi connectivity index (χ2n) is 6.01. The van der Waals surface area contributed by atoms with Crippen molar-refractivity contribution in [2.75, 3.05) is 0 Å². The van der Waals surface area contributed by atoms with Crippen LogP contribution < -0.4 is 0 Å². The highest BCUT2D eigenvalue weighted by Crippen LogP contribution is 2.34. The number of pyridine rings is 1. The highest BCUT2D eigenvalue weighted by Gasteiger charge is 2.20. The van der Waals surface area contributed by atoms with Crippen molar-refractivity contribution < 1.29 is 4.52 Å². The molecule has 0 saturated carbocycles. The van der Waals surface area contributed by atoms with E-state index in [9.17, 15) is 0 Å². The van der Waals surface area contributed by atoms with Crippen molar-refractivity contribution in [3.05, 3.63) is 60.2 Å². The van der Waals surface area contributed by atoms with Crippen molar-refractivity contribution in [2.24, 2.45) is 7.05 Å². The summed E-state index contributed by atoms with van der Waals surface area (Å²) in [6.45, 7) is 1.98. The summed E-state index contributed by atoms with van der Waals surface area (Å²) in [5.41, 5.74) is 2.21. The molecule has 0 saturated heterocycles. The van der Waals surface area contributed by atoms with Crippen LogP contribution in [-0.4, -0.2) is 29.9 Å². The molecule has 0 aliphatic heterocycles. The Bertz CT molecular complexity index is 1150. The van der Waals surface area contributed by atoms with Gasteiger partial charge in [-0.1, -0.05) is 23.0 Å². The van der Waals surface area contributed by atoms with Crippen LogP contribution in [-0.2, 0) is 7.05 Å². The van der Waals surface area contributed by atoms with E-state index in [1.165, 1.54) is 11.8 Å². The molecule has 0 N–H and O–H groups in total. The maximum Gasteiger partial charge on any atom is 0.258 e. The van der Waals surface area contributed by atoms with Crippen LogP contribution in [0.4, 0.5) is 0 Å². The van der Waals surface area contributed by atoms with E-state index in [-0.39, 0.29) is 5.25 Å². The van der Waals surface area contributed by atoms with Crippen LogP contribution in [0.2, 0.25) is 0 Å². The third-order valence-electron chi connectivity index (χ3n) is 4.10. The van der Waals surface area contributed by atoms with Crippen LogP contribution in [0.3, 0.4) is 0 Å². The fourth-order valence-electron chi connectivity index (χ4n) is 2.62.